The number of aromatic carboxylic acids is 1. The lowest BCUT2D eigenvalue weighted by Gasteiger charge is -2.06. The van der Waals surface area contributed by atoms with Gasteiger partial charge in [0.2, 0.25) is 0 Å². The Labute approximate surface area is 136 Å². The molecule has 0 aromatic carbocycles. The van der Waals surface area contributed by atoms with E-state index in [0.717, 1.165) is 22.6 Å². The fourth-order valence-corrected chi connectivity index (χ4v) is 2.67. The molecule has 0 aliphatic carbocycles. The highest BCUT2D eigenvalue weighted by atomic mass is 16.4. The number of aryl methyl sites for hydroxylation is 1. The van der Waals surface area contributed by atoms with E-state index in [2.05, 4.69) is 10.2 Å². The molecule has 0 radical (unpaired) electrons. The average Bonchev–Trinajstić information content (AvgIpc) is 3.26. The molecule has 0 atom stereocenters. The zero-order valence-corrected chi connectivity index (χ0v) is 12.9. The third-order valence-electron chi connectivity index (χ3n) is 3.85. The fourth-order valence-electron chi connectivity index (χ4n) is 2.67. The first-order chi connectivity index (χ1) is 11.6. The predicted octanol–water partition coefficient (Wildman–Crippen LogP) is 2.85. The summed E-state index contributed by atoms with van der Waals surface area (Å²) >= 11 is 0. The number of pyridine rings is 1. The highest BCUT2D eigenvalue weighted by molar-refractivity contribution is 5.85. The van der Waals surface area contributed by atoms with E-state index in [1.165, 1.54) is 0 Å². The topological polar surface area (TPSA) is 85.6 Å². The van der Waals surface area contributed by atoms with E-state index in [4.69, 9.17) is 9.52 Å². The van der Waals surface area contributed by atoms with Crippen molar-refractivity contribution >= 4 is 11.5 Å². The molecule has 0 unspecified atom stereocenters. The summed E-state index contributed by atoms with van der Waals surface area (Å²) in [6.07, 6.45) is 1.61. The molecule has 4 heterocycles. The highest BCUT2D eigenvalue weighted by Crippen LogP contribution is 2.21. The summed E-state index contributed by atoms with van der Waals surface area (Å²) < 4.78 is 8.88. The SMILES string of the molecule is Cc1cc(C(=O)O)nn1Cc1cccc2cc(-c3ccco3)nn12. The zero-order chi connectivity index (χ0) is 16.7. The molecule has 4 rings (SSSR count). The molecular weight excluding hydrogens is 308 g/mol. The number of hydrogen-bond acceptors (Lipinski definition) is 4. The van der Waals surface area contributed by atoms with Crippen LogP contribution in [0.3, 0.4) is 0 Å². The van der Waals surface area contributed by atoms with Gasteiger partial charge < -0.3 is 9.52 Å². The maximum atomic E-state index is 11.1. The van der Waals surface area contributed by atoms with E-state index in [1.807, 2.05) is 47.8 Å². The van der Waals surface area contributed by atoms with Crippen LogP contribution in [0.2, 0.25) is 0 Å². The van der Waals surface area contributed by atoms with Gasteiger partial charge in [-0.1, -0.05) is 6.07 Å². The summed E-state index contributed by atoms with van der Waals surface area (Å²) in [5, 5.41) is 17.8. The minimum atomic E-state index is -1.03. The largest absolute Gasteiger partial charge is 0.476 e. The predicted molar refractivity (Wildman–Crippen MR) is 85.9 cm³/mol. The van der Waals surface area contributed by atoms with Gasteiger partial charge in [-0.3, -0.25) is 4.68 Å². The summed E-state index contributed by atoms with van der Waals surface area (Å²) in [7, 11) is 0. The molecule has 0 bridgehead atoms. The van der Waals surface area contributed by atoms with E-state index < -0.39 is 5.97 Å². The summed E-state index contributed by atoms with van der Waals surface area (Å²) in [6.45, 7) is 2.26. The first kappa shape index (κ1) is 14.3. The van der Waals surface area contributed by atoms with Crippen LogP contribution in [0.15, 0.2) is 53.1 Å². The Morgan fingerprint density at radius 2 is 2.08 bits per heavy atom. The van der Waals surface area contributed by atoms with E-state index >= 15 is 0 Å². The average molecular weight is 322 g/mol. The molecule has 0 amide bonds. The number of fused-ring (bicyclic) bond motifs is 1. The van der Waals surface area contributed by atoms with Gasteiger partial charge in [0.05, 0.1) is 24.0 Å². The number of carbonyl (C=O) groups is 1. The molecule has 120 valence electrons. The summed E-state index contributed by atoms with van der Waals surface area (Å²) in [5.74, 6) is -0.331. The zero-order valence-electron chi connectivity index (χ0n) is 12.9. The first-order valence-electron chi connectivity index (χ1n) is 7.41. The fraction of sp³-hybridized carbons (Fsp3) is 0.118. The molecule has 24 heavy (non-hydrogen) atoms. The Morgan fingerprint density at radius 1 is 1.21 bits per heavy atom. The van der Waals surface area contributed by atoms with Crippen LogP contribution in [-0.4, -0.2) is 30.5 Å². The van der Waals surface area contributed by atoms with Crippen molar-refractivity contribution in [3.05, 3.63) is 65.8 Å². The van der Waals surface area contributed by atoms with Crippen LogP contribution in [0.4, 0.5) is 0 Å². The second-order valence-electron chi connectivity index (χ2n) is 5.49. The van der Waals surface area contributed by atoms with Crippen LogP contribution >= 0.6 is 0 Å². The number of nitrogens with zero attached hydrogens (tertiary/aromatic N) is 4. The minimum absolute atomic E-state index is 0.0383. The molecule has 0 fully saturated rings. The van der Waals surface area contributed by atoms with Gasteiger partial charge in [-0.05, 0) is 43.3 Å². The molecule has 4 aromatic heterocycles. The van der Waals surface area contributed by atoms with Crippen molar-refractivity contribution in [2.24, 2.45) is 0 Å². The molecule has 7 heteroatoms. The van der Waals surface area contributed by atoms with Gasteiger partial charge in [0.25, 0.3) is 0 Å². The van der Waals surface area contributed by atoms with Gasteiger partial charge >= 0.3 is 5.97 Å². The summed E-state index contributed by atoms with van der Waals surface area (Å²) in [6, 6.07) is 13.0. The van der Waals surface area contributed by atoms with Crippen LogP contribution in [0.25, 0.3) is 17.0 Å². The van der Waals surface area contributed by atoms with Crippen molar-refractivity contribution in [3.63, 3.8) is 0 Å². The standard InChI is InChI=1S/C17H14N4O3/c1-11-8-15(17(22)23)18-20(11)10-13-5-2-4-12-9-14(19-21(12)13)16-6-3-7-24-16/h2-9H,10H2,1H3,(H,22,23). The van der Waals surface area contributed by atoms with E-state index in [0.29, 0.717) is 12.3 Å². The summed E-state index contributed by atoms with van der Waals surface area (Å²) in [5.41, 5.74) is 3.39. The molecule has 4 aromatic rings. The molecular formula is C17H14N4O3. The van der Waals surface area contributed by atoms with Gasteiger partial charge in [-0.25, -0.2) is 9.31 Å². The second-order valence-corrected chi connectivity index (χ2v) is 5.49. The third-order valence-corrected chi connectivity index (χ3v) is 3.85. The third kappa shape index (κ3) is 2.36. The van der Waals surface area contributed by atoms with E-state index in [9.17, 15) is 4.79 Å². The molecule has 1 N–H and O–H groups in total. The lowest BCUT2D eigenvalue weighted by molar-refractivity contribution is 0.0689. The van der Waals surface area contributed by atoms with Crippen molar-refractivity contribution in [2.75, 3.05) is 0 Å². The number of furan rings is 1. The van der Waals surface area contributed by atoms with E-state index in [1.54, 1.807) is 17.0 Å². The monoisotopic (exact) mass is 322 g/mol. The Bertz CT molecular complexity index is 1030. The van der Waals surface area contributed by atoms with Gasteiger partial charge in [0, 0.05) is 5.69 Å². The Kier molecular flexibility index (Phi) is 3.19. The lowest BCUT2D eigenvalue weighted by atomic mass is 10.3. The second kappa shape index (κ2) is 5.38. The van der Waals surface area contributed by atoms with Crippen LogP contribution in [-0.2, 0) is 6.54 Å². The smallest absolute Gasteiger partial charge is 0.356 e. The lowest BCUT2D eigenvalue weighted by Crippen LogP contribution is -2.09. The van der Waals surface area contributed by atoms with Crippen molar-refractivity contribution in [1.82, 2.24) is 19.4 Å². The van der Waals surface area contributed by atoms with Gasteiger partial charge in [0.1, 0.15) is 5.69 Å². The van der Waals surface area contributed by atoms with Crippen LogP contribution in [0, 0.1) is 6.92 Å². The normalized spacial score (nSPS) is 11.2. The number of carboxylic acid groups (broad SMARTS) is 1. The number of aromatic nitrogens is 4. The number of rotatable bonds is 4. The van der Waals surface area contributed by atoms with Crippen LogP contribution in [0.5, 0.6) is 0 Å². The van der Waals surface area contributed by atoms with Gasteiger partial charge in [0.15, 0.2) is 11.5 Å². The van der Waals surface area contributed by atoms with Gasteiger partial charge in [-0.2, -0.15) is 10.2 Å². The summed E-state index contributed by atoms with van der Waals surface area (Å²) in [4.78, 5) is 11.1. The maximum Gasteiger partial charge on any atom is 0.356 e. The quantitative estimate of drug-likeness (QED) is 0.624. The number of carboxylic acids is 1. The Hall–Kier alpha value is -3.35. The van der Waals surface area contributed by atoms with Crippen LogP contribution < -0.4 is 0 Å². The molecule has 0 aliphatic heterocycles. The molecule has 0 saturated carbocycles. The Balaban J connectivity index is 1.75. The van der Waals surface area contributed by atoms with Gasteiger partial charge in [-0.15, -0.1) is 0 Å². The maximum absolute atomic E-state index is 11.1. The number of hydrogen-bond donors (Lipinski definition) is 1. The highest BCUT2D eigenvalue weighted by Gasteiger charge is 2.13. The van der Waals surface area contributed by atoms with Crippen molar-refractivity contribution in [2.45, 2.75) is 13.5 Å². The van der Waals surface area contributed by atoms with Crippen molar-refractivity contribution < 1.29 is 14.3 Å². The first-order valence-corrected chi connectivity index (χ1v) is 7.41. The van der Waals surface area contributed by atoms with Crippen molar-refractivity contribution in [1.29, 1.82) is 0 Å². The van der Waals surface area contributed by atoms with Crippen molar-refractivity contribution in [3.8, 4) is 11.5 Å². The Morgan fingerprint density at radius 3 is 2.79 bits per heavy atom. The van der Waals surface area contributed by atoms with E-state index in [-0.39, 0.29) is 5.69 Å². The molecule has 0 aliphatic rings. The van der Waals surface area contributed by atoms with Crippen LogP contribution in [0.1, 0.15) is 21.9 Å². The molecule has 0 saturated heterocycles. The minimum Gasteiger partial charge on any atom is -0.476 e. The molecule has 0 spiro atoms. The molecule has 7 nitrogen and oxygen atoms in total.